The van der Waals surface area contributed by atoms with Crippen LogP contribution in [0.25, 0.3) is 0 Å². The molecule has 0 saturated heterocycles. The highest BCUT2D eigenvalue weighted by molar-refractivity contribution is 7.10. The Morgan fingerprint density at radius 3 is 2.19 bits per heavy atom. The highest BCUT2D eigenvalue weighted by Crippen LogP contribution is 2.41. The van der Waals surface area contributed by atoms with Crippen molar-refractivity contribution in [2.24, 2.45) is 5.84 Å². The summed E-state index contributed by atoms with van der Waals surface area (Å²) >= 11 is 7.73. The monoisotopic (exact) mass is 328 g/mol. The molecular formula is C14H17ClN2O3S. The van der Waals surface area contributed by atoms with Gasteiger partial charge in [0.15, 0.2) is 11.5 Å². The molecule has 1 aromatic heterocycles. The summed E-state index contributed by atoms with van der Waals surface area (Å²) in [5, 5.41) is 2.56. The maximum absolute atomic E-state index is 6.21. The molecule has 2 aromatic rings. The van der Waals surface area contributed by atoms with Crippen LogP contribution in [0.5, 0.6) is 17.2 Å². The minimum absolute atomic E-state index is 0.299. The molecule has 0 saturated carbocycles. The van der Waals surface area contributed by atoms with Gasteiger partial charge in [-0.1, -0.05) is 11.6 Å². The van der Waals surface area contributed by atoms with Gasteiger partial charge in [0.1, 0.15) is 5.75 Å². The minimum Gasteiger partial charge on any atom is -0.496 e. The Kier molecular flexibility index (Phi) is 5.30. The molecule has 0 bridgehead atoms. The zero-order chi connectivity index (χ0) is 15.4. The predicted molar refractivity (Wildman–Crippen MR) is 84.6 cm³/mol. The third-order valence-electron chi connectivity index (χ3n) is 3.12. The molecule has 1 unspecified atom stereocenters. The summed E-state index contributed by atoms with van der Waals surface area (Å²) in [6.45, 7) is 0. The third-order valence-corrected chi connectivity index (χ3v) is 4.54. The average molecular weight is 329 g/mol. The van der Waals surface area contributed by atoms with Gasteiger partial charge in [-0.15, -0.1) is 11.3 Å². The summed E-state index contributed by atoms with van der Waals surface area (Å²) in [4.78, 5) is 0.907. The standard InChI is InChI=1S/C14H17ClN2O3S/c1-18-10-7-12(20-3)11(19-2)6-8(10)13(17-16)14-9(15)4-5-21-14/h4-7,13,17H,16H2,1-3H3. The first-order valence-corrected chi connectivity index (χ1v) is 7.40. The van der Waals surface area contributed by atoms with Crippen molar-refractivity contribution in [3.8, 4) is 17.2 Å². The second-order valence-corrected chi connectivity index (χ2v) is 5.54. The summed E-state index contributed by atoms with van der Waals surface area (Å²) in [6.07, 6.45) is 0. The van der Waals surface area contributed by atoms with Gasteiger partial charge in [-0.2, -0.15) is 0 Å². The van der Waals surface area contributed by atoms with Crippen LogP contribution >= 0.6 is 22.9 Å². The molecule has 114 valence electrons. The van der Waals surface area contributed by atoms with Gasteiger partial charge in [0, 0.05) is 16.5 Å². The minimum atomic E-state index is -0.299. The lowest BCUT2D eigenvalue weighted by Crippen LogP contribution is -2.28. The Balaban J connectivity index is 2.57. The first kappa shape index (κ1) is 15.9. The molecule has 21 heavy (non-hydrogen) atoms. The van der Waals surface area contributed by atoms with Crippen LogP contribution in [-0.2, 0) is 0 Å². The topological polar surface area (TPSA) is 65.7 Å². The Bertz CT molecular complexity index is 618. The number of methoxy groups -OCH3 is 3. The van der Waals surface area contributed by atoms with E-state index in [1.54, 1.807) is 27.4 Å². The zero-order valence-electron chi connectivity index (χ0n) is 12.0. The van der Waals surface area contributed by atoms with Gasteiger partial charge in [-0.3, -0.25) is 5.84 Å². The molecule has 0 radical (unpaired) electrons. The van der Waals surface area contributed by atoms with Crippen molar-refractivity contribution in [2.45, 2.75) is 6.04 Å². The quantitative estimate of drug-likeness (QED) is 0.630. The number of ether oxygens (including phenoxy) is 3. The lowest BCUT2D eigenvalue weighted by molar-refractivity contribution is 0.346. The average Bonchev–Trinajstić information content (AvgIpc) is 2.93. The van der Waals surface area contributed by atoms with Gasteiger partial charge in [-0.05, 0) is 17.5 Å². The van der Waals surface area contributed by atoms with E-state index >= 15 is 0 Å². The van der Waals surface area contributed by atoms with Gasteiger partial charge in [0.2, 0.25) is 0 Å². The van der Waals surface area contributed by atoms with Gasteiger partial charge in [-0.25, -0.2) is 5.43 Å². The summed E-state index contributed by atoms with van der Waals surface area (Å²) < 4.78 is 16.1. The van der Waals surface area contributed by atoms with Crippen LogP contribution in [0, 0.1) is 0 Å². The van der Waals surface area contributed by atoms with E-state index in [4.69, 9.17) is 31.7 Å². The van der Waals surface area contributed by atoms with E-state index in [9.17, 15) is 0 Å². The number of hydrogen-bond donors (Lipinski definition) is 2. The molecule has 5 nitrogen and oxygen atoms in total. The molecule has 7 heteroatoms. The van der Waals surface area contributed by atoms with Crippen molar-refractivity contribution in [2.75, 3.05) is 21.3 Å². The number of nitrogens with two attached hydrogens (primary N) is 1. The molecular weight excluding hydrogens is 312 g/mol. The molecule has 2 rings (SSSR count). The fraction of sp³-hybridized carbons (Fsp3) is 0.286. The van der Waals surface area contributed by atoms with E-state index in [2.05, 4.69) is 5.43 Å². The van der Waals surface area contributed by atoms with Crippen LogP contribution in [0.4, 0.5) is 0 Å². The highest BCUT2D eigenvalue weighted by Gasteiger charge is 2.23. The number of hydrogen-bond acceptors (Lipinski definition) is 6. The van der Waals surface area contributed by atoms with Gasteiger partial charge in [0.05, 0.1) is 32.4 Å². The van der Waals surface area contributed by atoms with Crippen LogP contribution in [0.15, 0.2) is 23.6 Å². The lowest BCUT2D eigenvalue weighted by atomic mass is 10.0. The zero-order valence-corrected chi connectivity index (χ0v) is 13.5. The second-order valence-electron chi connectivity index (χ2n) is 4.18. The van der Waals surface area contributed by atoms with Gasteiger partial charge >= 0.3 is 0 Å². The van der Waals surface area contributed by atoms with Crippen LogP contribution < -0.4 is 25.5 Å². The van der Waals surface area contributed by atoms with Crippen molar-refractivity contribution < 1.29 is 14.2 Å². The van der Waals surface area contributed by atoms with Crippen molar-refractivity contribution >= 4 is 22.9 Å². The van der Waals surface area contributed by atoms with E-state index in [0.717, 1.165) is 10.4 Å². The first-order chi connectivity index (χ1) is 10.2. The van der Waals surface area contributed by atoms with E-state index < -0.39 is 0 Å². The van der Waals surface area contributed by atoms with Gasteiger partial charge in [0.25, 0.3) is 0 Å². The van der Waals surface area contributed by atoms with E-state index in [0.29, 0.717) is 22.3 Å². The van der Waals surface area contributed by atoms with Crippen LogP contribution in [0.3, 0.4) is 0 Å². The summed E-state index contributed by atoms with van der Waals surface area (Å²) in [5.74, 6) is 7.55. The van der Waals surface area contributed by atoms with Crippen LogP contribution in [0.1, 0.15) is 16.5 Å². The summed E-state index contributed by atoms with van der Waals surface area (Å²) in [5.41, 5.74) is 3.60. The molecule has 3 N–H and O–H groups in total. The maximum Gasteiger partial charge on any atom is 0.164 e. The first-order valence-electron chi connectivity index (χ1n) is 6.15. The third kappa shape index (κ3) is 3.08. The van der Waals surface area contributed by atoms with E-state index in [1.807, 2.05) is 17.5 Å². The van der Waals surface area contributed by atoms with E-state index in [-0.39, 0.29) is 6.04 Å². The van der Waals surface area contributed by atoms with Crippen molar-refractivity contribution in [1.29, 1.82) is 0 Å². The molecule has 0 aliphatic carbocycles. The van der Waals surface area contributed by atoms with Crippen molar-refractivity contribution in [3.63, 3.8) is 0 Å². The maximum atomic E-state index is 6.21. The molecule has 1 atom stereocenters. The molecule has 1 aromatic carbocycles. The molecule has 0 aliphatic rings. The number of benzene rings is 1. The number of thiophene rings is 1. The smallest absolute Gasteiger partial charge is 0.164 e. The molecule has 1 heterocycles. The Morgan fingerprint density at radius 2 is 1.71 bits per heavy atom. The van der Waals surface area contributed by atoms with Crippen molar-refractivity contribution in [3.05, 3.63) is 39.0 Å². The summed E-state index contributed by atoms with van der Waals surface area (Å²) in [7, 11) is 4.75. The molecule has 0 aliphatic heterocycles. The number of hydrazine groups is 1. The largest absolute Gasteiger partial charge is 0.496 e. The SMILES string of the molecule is COc1cc(OC)c(C(NN)c2sccc2Cl)cc1OC. The predicted octanol–water partition coefficient (Wildman–Crippen LogP) is 2.98. The van der Waals surface area contributed by atoms with Crippen molar-refractivity contribution in [1.82, 2.24) is 5.43 Å². The number of rotatable bonds is 6. The fourth-order valence-corrected chi connectivity index (χ4v) is 3.34. The second kappa shape index (κ2) is 7.00. The molecule has 0 fully saturated rings. The number of halogens is 1. The molecule has 0 spiro atoms. The van der Waals surface area contributed by atoms with Gasteiger partial charge < -0.3 is 14.2 Å². The highest BCUT2D eigenvalue weighted by atomic mass is 35.5. The Hall–Kier alpha value is -1.47. The molecule has 0 amide bonds. The fourth-order valence-electron chi connectivity index (χ4n) is 2.10. The number of nitrogens with one attached hydrogen (secondary N) is 1. The van der Waals surface area contributed by atoms with Crippen LogP contribution in [-0.4, -0.2) is 21.3 Å². The van der Waals surface area contributed by atoms with E-state index in [1.165, 1.54) is 11.3 Å². The Morgan fingerprint density at radius 1 is 1.10 bits per heavy atom. The normalized spacial score (nSPS) is 12.0. The summed E-state index contributed by atoms with van der Waals surface area (Å²) in [6, 6.07) is 5.13. The lowest BCUT2D eigenvalue weighted by Gasteiger charge is -2.20. The van der Waals surface area contributed by atoms with Crippen LogP contribution in [0.2, 0.25) is 5.02 Å². The Labute approximate surface area is 132 Å².